The van der Waals surface area contributed by atoms with E-state index in [0.717, 1.165) is 10.8 Å². The SMILES string of the molecule is O=c1n(CCSc2nccn2-c2ccccc2)nc2ccccn12. The Morgan fingerprint density at radius 2 is 1.83 bits per heavy atom. The molecule has 7 heteroatoms. The second kappa shape index (κ2) is 6.37. The van der Waals surface area contributed by atoms with Gasteiger partial charge in [-0.05, 0) is 24.3 Å². The summed E-state index contributed by atoms with van der Waals surface area (Å²) in [5.41, 5.74) is 1.62. The maximum absolute atomic E-state index is 12.2. The molecule has 0 atom stereocenters. The zero-order chi connectivity index (χ0) is 16.4. The number of hydrogen-bond donors (Lipinski definition) is 0. The van der Waals surface area contributed by atoms with Crippen LogP contribution in [-0.2, 0) is 6.54 Å². The number of hydrogen-bond acceptors (Lipinski definition) is 4. The van der Waals surface area contributed by atoms with Gasteiger partial charge in [-0.1, -0.05) is 36.0 Å². The van der Waals surface area contributed by atoms with Gasteiger partial charge in [-0.15, -0.1) is 5.10 Å². The highest BCUT2D eigenvalue weighted by Gasteiger charge is 2.08. The van der Waals surface area contributed by atoms with Crippen LogP contribution in [0.5, 0.6) is 0 Å². The molecular weight excluding hydrogens is 322 g/mol. The van der Waals surface area contributed by atoms with Crippen LogP contribution in [0, 0.1) is 0 Å². The lowest BCUT2D eigenvalue weighted by atomic mass is 10.3. The van der Waals surface area contributed by atoms with Crippen LogP contribution in [0.1, 0.15) is 0 Å². The molecular formula is C17H15N5OS. The van der Waals surface area contributed by atoms with Crippen molar-refractivity contribution >= 4 is 17.4 Å². The van der Waals surface area contributed by atoms with Crippen molar-refractivity contribution in [1.82, 2.24) is 23.7 Å². The van der Waals surface area contributed by atoms with Crippen LogP contribution in [0.2, 0.25) is 0 Å². The standard InChI is InChI=1S/C17H15N5OS/c23-17-21-10-5-4-8-15(21)19-22(17)12-13-24-16-18-9-11-20(16)14-6-2-1-3-7-14/h1-11H,12-13H2. The fourth-order valence-corrected chi connectivity index (χ4v) is 3.41. The van der Waals surface area contributed by atoms with Gasteiger partial charge in [0, 0.05) is 30.0 Å². The molecule has 6 nitrogen and oxygen atoms in total. The van der Waals surface area contributed by atoms with Gasteiger partial charge in [0.2, 0.25) is 0 Å². The normalized spacial score (nSPS) is 11.2. The zero-order valence-corrected chi connectivity index (χ0v) is 13.6. The molecule has 0 bridgehead atoms. The molecule has 0 unspecified atom stereocenters. The van der Waals surface area contributed by atoms with Crippen molar-refractivity contribution < 1.29 is 0 Å². The van der Waals surface area contributed by atoms with Crippen molar-refractivity contribution in [3.05, 3.63) is 77.6 Å². The molecule has 1 aromatic carbocycles. The van der Waals surface area contributed by atoms with Crippen LogP contribution >= 0.6 is 11.8 Å². The molecule has 0 spiro atoms. The van der Waals surface area contributed by atoms with E-state index in [2.05, 4.69) is 10.1 Å². The number of nitrogens with zero attached hydrogens (tertiary/aromatic N) is 5. The Balaban J connectivity index is 1.49. The molecule has 3 aromatic heterocycles. The van der Waals surface area contributed by atoms with Crippen molar-refractivity contribution in [3.8, 4) is 5.69 Å². The average molecular weight is 337 g/mol. The Labute approximate surface area is 142 Å². The first-order chi connectivity index (χ1) is 11.8. The highest BCUT2D eigenvalue weighted by molar-refractivity contribution is 7.99. The lowest BCUT2D eigenvalue weighted by molar-refractivity contribution is 0.639. The Bertz CT molecular complexity index is 1020. The van der Waals surface area contributed by atoms with E-state index in [9.17, 15) is 4.79 Å². The van der Waals surface area contributed by atoms with Crippen molar-refractivity contribution in [2.24, 2.45) is 0 Å². The fraction of sp³-hybridized carbons (Fsp3) is 0.118. The molecule has 0 radical (unpaired) electrons. The second-order valence-electron chi connectivity index (χ2n) is 5.20. The molecule has 0 fully saturated rings. The summed E-state index contributed by atoms with van der Waals surface area (Å²) in [6.45, 7) is 0.535. The third-order valence-corrected chi connectivity index (χ3v) is 4.61. The Morgan fingerprint density at radius 3 is 2.67 bits per heavy atom. The summed E-state index contributed by atoms with van der Waals surface area (Å²) in [5.74, 6) is 0.716. The molecule has 0 saturated heterocycles. The van der Waals surface area contributed by atoms with Crippen LogP contribution in [0.15, 0.2) is 77.1 Å². The van der Waals surface area contributed by atoms with Gasteiger partial charge in [-0.25, -0.2) is 14.5 Å². The first-order valence-electron chi connectivity index (χ1n) is 7.59. The minimum Gasteiger partial charge on any atom is -0.295 e. The van der Waals surface area contributed by atoms with Crippen LogP contribution < -0.4 is 5.69 Å². The summed E-state index contributed by atoms with van der Waals surface area (Å²) < 4.78 is 5.09. The van der Waals surface area contributed by atoms with E-state index >= 15 is 0 Å². The minimum atomic E-state index is -0.113. The van der Waals surface area contributed by atoms with Gasteiger partial charge < -0.3 is 0 Å². The lowest BCUT2D eigenvalue weighted by Crippen LogP contribution is -2.22. The fourth-order valence-electron chi connectivity index (χ4n) is 2.52. The predicted molar refractivity (Wildman–Crippen MR) is 93.7 cm³/mol. The number of rotatable bonds is 5. The molecule has 0 N–H and O–H groups in total. The van der Waals surface area contributed by atoms with Gasteiger partial charge in [-0.2, -0.15) is 0 Å². The third kappa shape index (κ3) is 2.74. The predicted octanol–water partition coefficient (Wildman–Crippen LogP) is 2.47. The van der Waals surface area contributed by atoms with Crippen molar-refractivity contribution in [1.29, 1.82) is 0 Å². The average Bonchev–Trinajstić information content (AvgIpc) is 3.21. The summed E-state index contributed by atoms with van der Waals surface area (Å²) in [5, 5.41) is 5.24. The minimum absolute atomic E-state index is 0.113. The smallest absolute Gasteiger partial charge is 0.295 e. The zero-order valence-electron chi connectivity index (χ0n) is 12.8. The van der Waals surface area contributed by atoms with E-state index in [1.807, 2.05) is 59.3 Å². The largest absolute Gasteiger partial charge is 0.350 e. The molecule has 0 aliphatic heterocycles. The van der Waals surface area contributed by atoms with Gasteiger partial charge in [0.25, 0.3) is 0 Å². The first-order valence-corrected chi connectivity index (χ1v) is 8.57. The summed E-state index contributed by atoms with van der Waals surface area (Å²) >= 11 is 1.60. The van der Waals surface area contributed by atoms with Crippen molar-refractivity contribution in [2.75, 3.05) is 5.75 Å². The Kier molecular flexibility index (Phi) is 3.92. The second-order valence-corrected chi connectivity index (χ2v) is 6.26. The number of fused-ring (bicyclic) bond motifs is 1. The van der Waals surface area contributed by atoms with Crippen molar-refractivity contribution in [2.45, 2.75) is 11.7 Å². The number of para-hydroxylation sites is 1. The summed E-state index contributed by atoms with van der Waals surface area (Å²) in [7, 11) is 0. The maximum Gasteiger partial charge on any atom is 0.350 e. The van der Waals surface area contributed by atoms with E-state index < -0.39 is 0 Å². The highest BCUT2D eigenvalue weighted by atomic mass is 32.2. The molecule has 4 aromatic rings. The summed E-state index contributed by atoms with van der Waals surface area (Å²) in [6.07, 6.45) is 5.46. The first kappa shape index (κ1) is 14.8. The highest BCUT2D eigenvalue weighted by Crippen LogP contribution is 2.20. The van der Waals surface area contributed by atoms with E-state index in [1.54, 1.807) is 28.6 Å². The van der Waals surface area contributed by atoms with E-state index in [0.29, 0.717) is 17.9 Å². The monoisotopic (exact) mass is 337 g/mol. The van der Waals surface area contributed by atoms with Gasteiger partial charge in [0.05, 0.1) is 6.54 Å². The van der Waals surface area contributed by atoms with Gasteiger partial charge >= 0.3 is 5.69 Å². The Morgan fingerprint density at radius 1 is 1.00 bits per heavy atom. The van der Waals surface area contributed by atoms with Gasteiger partial charge in [-0.3, -0.25) is 8.97 Å². The van der Waals surface area contributed by atoms with Gasteiger partial charge in [0.1, 0.15) is 0 Å². The molecule has 0 amide bonds. The van der Waals surface area contributed by atoms with Crippen LogP contribution in [0.25, 0.3) is 11.3 Å². The van der Waals surface area contributed by atoms with Crippen LogP contribution in [-0.4, -0.2) is 29.5 Å². The molecule has 120 valence electrons. The molecule has 0 saturated carbocycles. The Hall–Kier alpha value is -2.80. The molecule has 0 aliphatic carbocycles. The van der Waals surface area contributed by atoms with E-state index in [1.165, 1.54) is 4.68 Å². The van der Waals surface area contributed by atoms with E-state index in [-0.39, 0.29) is 5.69 Å². The molecule has 0 aliphatic rings. The molecule has 3 heterocycles. The number of aromatic nitrogens is 5. The quantitative estimate of drug-likeness (QED) is 0.525. The summed E-state index contributed by atoms with van der Waals surface area (Å²) in [6, 6.07) is 15.6. The summed E-state index contributed by atoms with van der Waals surface area (Å²) in [4.78, 5) is 16.6. The molecule has 4 rings (SSSR count). The number of imidazole rings is 1. The topological polar surface area (TPSA) is 57.1 Å². The molecule has 24 heavy (non-hydrogen) atoms. The number of pyridine rings is 1. The maximum atomic E-state index is 12.2. The number of benzene rings is 1. The third-order valence-electron chi connectivity index (χ3n) is 3.66. The van der Waals surface area contributed by atoms with Gasteiger partial charge in [0.15, 0.2) is 10.8 Å². The van der Waals surface area contributed by atoms with Crippen LogP contribution in [0.3, 0.4) is 0 Å². The van der Waals surface area contributed by atoms with Crippen LogP contribution in [0.4, 0.5) is 0 Å². The number of aryl methyl sites for hydroxylation is 1. The van der Waals surface area contributed by atoms with Crippen molar-refractivity contribution in [3.63, 3.8) is 0 Å². The van der Waals surface area contributed by atoms with E-state index in [4.69, 9.17) is 0 Å². The lowest BCUT2D eigenvalue weighted by Gasteiger charge is -2.06. The number of thioether (sulfide) groups is 1.